The standard InChI is InChI=1S/C40H42N6O4/c1-24-12-14-45(20-24)23-35-40(48-3)44-37(19-42-35)49-36-11-10-32-31(8-5-9-33(32)36)29-6-4-7-30(25(29)2)39-43-34-17-26(16-27(18-41)38(34)50-39)21-46-15-13-28(47)22-46/h4-9,16-17,19,24,28,36,47H,10-15,20-23H2,1-3H3/t24-,28-,36-/m1/s1. The second-order valence-corrected chi connectivity index (χ2v) is 14.1. The van der Waals surface area contributed by atoms with Crippen LogP contribution in [0.3, 0.4) is 0 Å². The SMILES string of the molecule is COc1nc(O[C@@H]2CCc3c(-c4cccc(-c5nc6cc(CN7CC[C@@H](O)C7)cc(C#N)c6o5)c4C)cccc32)cnc1CN1CC[C@@H](C)C1. The molecular formula is C40H42N6O4. The minimum Gasteiger partial charge on any atom is -0.480 e. The third kappa shape index (κ3) is 6.22. The molecule has 0 saturated carbocycles. The number of aliphatic hydroxyl groups is 1. The summed E-state index contributed by atoms with van der Waals surface area (Å²) in [5, 5.41) is 19.9. The van der Waals surface area contributed by atoms with Crippen molar-refractivity contribution in [3.63, 3.8) is 0 Å². The molecule has 0 spiro atoms. The van der Waals surface area contributed by atoms with Crippen LogP contribution >= 0.6 is 0 Å². The predicted octanol–water partition coefficient (Wildman–Crippen LogP) is 6.62. The lowest BCUT2D eigenvalue weighted by Crippen LogP contribution is -2.21. The van der Waals surface area contributed by atoms with Crippen molar-refractivity contribution in [2.24, 2.45) is 5.92 Å². The van der Waals surface area contributed by atoms with Gasteiger partial charge in [0.2, 0.25) is 17.7 Å². The summed E-state index contributed by atoms with van der Waals surface area (Å²) in [5.74, 6) is 2.18. The highest BCUT2D eigenvalue weighted by Crippen LogP contribution is 2.42. The lowest BCUT2D eigenvalue weighted by molar-refractivity contribution is 0.175. The predicted molar refractivity (Wildman–Crippen MR) is 190 cm³/mol. The Balaban J connectivity index is 1.05. The molecule has 256 valence electrons. The van der Waals surface area contributed by atoms with Gasteiger partial charge in [0, 0.05) is 38.3 Å². The second kappa shape index (κ2) is 13.5. The molecule has 3 aliphatic rings. The van der Waals surface area contributed by atoms with Crippen LogP contribution in [0.2, 0.25) is 0 Å². The number of hydrogen-bond acceptors (Lipinski definition) is 10. The zero-order chi connectivity index (χ0) is 34.4. The van der Waals surface area contributed by atoms with E-state index < -0.39 is 0 Å². The molecule has 8 rings (SSSR count). The van der Waals surface area contributed by atoms with Crippen molar-refractivity contribution in [3.8, 4) is 40.4 Å². The third-order valence-corrected chi connectivity index (χ3v) is 10.5. The van der Waals surface area contributed by atoms with Gasteiger partial charge in [0.15, 0.2) is 5.58 Å². The topological polar surface area (TPSA) is 121 Å². The smallest absolute Gasteiger partial charge is 0.240 e. The normalized spacial score (nSPS) is 20.7. The quantitative estimate of drug-likeness (QED) is 0.183. The zero-order valence-electron chi connectivity index (χ0n) is 28.9. The third-order valence-electron chi connectivity index (χ3n) is 10.5. The van der Waals surface area contributed by atoms with Crippen molar-refractivity contribution in [1.29, 1.82) is 5.26 Å². The summed E-state index contributed by atoms with van der Waals surface area (Å²) in [6, 6.07) is 18.8. The molecule has 1 N–H and O–H groups in total. The summed E-state index contributed by atoms with van der Waals surface area (Å²) >= 11 is 0. The van der Waals surface area contributed by atoms with Crippen LogP contribution in [0.1, 0.15) is 65.8 Å². The largest absolute Gasteiger partial charge is 0.480 e. The maximum Gasteiger partial charge on any atom is 0.240 e. The van der Waals surface area contributed by atoms with E-state index in [9.17, 15) is 10.4 Å². The number of methoxy groups -OCH3 is 1. The van der Waals surface area contributed by atoms with Gasteiger partial charge in [-0.3, -0.25) is 9.80 Å². The second-order valence-electron chi connectivity index (χ2n) is 14.1. The summed E-state index contributed by atoms with van der Waals surface area (Å²) in [5.41, 5.74) is 10.1. The number of β-amino-alcohol motifs (C(OH)–C–C–N with tert-alkyl or cyclic N) is 1. The van der Waals surface area contributed by atoms with Crippen LogP contribution in [0, 0.1) is 24.2 Å². The highest BCUT2D eigenvalue weighted by molar-refractivity contribution is 5.85. The molecule has 10 nitrogen and oxygen atoms in total. The van der Waals surface area contributed by atoms with Gasteiger partial charge in [-0.05, 0) is 96.6 Å². The summed E-state index contributed by atoms with van der Waals surface area (Å²) in [6.45, 7) is 9.38. The number of rotatable bonds is 9. The zero-order valence-corrected chi connectivity index (χ0v) is 28.9. The van der Waals surface area contributed by atoms with E-state index in [2.05, 4.69) is 54.0 Å². The Kier molecular flexibility index (Phi) is 8.73. The van der Waals surface area contributed by atoms with Crippen LogP contribution in [0.25, 0.3) is 33.7 Å². The number of benzene rings is 3. The molecule has 3 atom stereocenters. The van der Waals surface area contributed by atoms with Crippen LogP contribution in [0.15, 0.2) is 59.1 Å². The Morgan fingerprint density at radius 2 is 1.78 bits per heavy atom. The van der Waals surface area contributed by atoms with Gasteiger partial charge in [0.1, 0.15) is 23.4 Å². The monoisotopic (exact) mass is 670 g/mol. The van der Waals surface area contributed by atoms with Gasteiger partial charge >= 0.3 is 0 Å². The lowest BCUT2D eigenvalue weighted by atomic mass is 9.91. The number of likely N-dealkylation sites (tertiary alicyclic amines) is 2. The van der Waals surface area contributed by atoms with E-state index >= 15 is 0 Å². The molecule has 5 aromatic rings. The number of nitrogens with zero attached hydrogens (tertiary/aromatic N) is 6. The van der Waals surface area contributed by atoms with Crippen molar-refractivity contribution < 1.29 is 19.0 Å². The van der Waals surface area contributed by atoms with Gasteiger partial charge in [-0.25, -0.2) is 9.97 Å². The highest BCUT2D eigenvalue weighted by atomic mass is 16.5. The minimum absolute atomic E-state index is 0.141. The fourth-order valence-electron chi connectivity index (χ4n) is 7.98. The van der Waals surface area contributed by atoms with Crippen LogP contribution in [0.4, 0.5) is 0 Å². The molecule has 0 bridgehead atoms. The molecule has 3 aromatic carbocycles. The Bertz CT molecular complexity index is 2100. The first-order valence-electron chi connectivity index (χ1n) is 17.6. The van der Waals surface area contributed by atoms with Crippen LogP contribution in [-0.4, -0.2) is 69.3 Å². The van der Waals surface area contributed by atoms with Crippen LogP contribution < -0.4 is 9.47 Å². The van der Waals surface area contributed by atoms with E-state index in [4.69, 9.17) is 28.8 Å². The molecule has 10 heteroatoms. The highest BCUT2D eigenvalue weighted by Gasteiger charge is 2.29. The molecule has 4 heterocycles. The Morgan fingerprint density at radius 3 is 2.56 bits per heavy atom. The number of aliphatic hydroxyl groups excluding tert-OH is 1. The first kappa shape index (κ1) is 32.4. The number of oxazole rings is 1. The Hall–Kier alpha value is -4.82. The van der Waals surface area contributed by atoms with Gasteiger partial charge in [-0.2, -0.15) is 10.2 Å². The van der Waals surface area contributed by atoms with E-state index in [1.54, 1.807) is 13.3 Å². The van der Waals surface area contributed by atoms with Gasteiger partial charge in [0.05, 0.1) is 25.0 Å². The maximum absolute atomic E-state index is 9.98. The molecule has 2 fully saturated rings. The molecule has 0 unspecified atom stereocenters. The Morgan fingerprint density at radius 1 is 0.980 bits per heavy atom. The summed E-state index contributed by atoms with van der Waals surface area (Å²) in [7, 11) is 1.64. The fourth-order valence-corrected chi connectivity index (χ4v) is 7.98. The molecule has 0 amide bonds. The number of hydrogen-bond donors (Lipinski definition) is 1. The molecule has 50 heavy (non-hydrogen) atoms. The van der Waals surface area contributed by atoms with Crippen molar-refractivity contribution in [2.45, 2.75) is 64.8 Å². The van der Waals surface area contributed by atoms with Crippen LogP contribution in [0.5, 0.6) is 11.8 Å². The Labute approximate surface area is 292 Å². The van der Waals surface area contributed by atoms with Crippen molar-refractivity contribution >= 4 is 11.1 Å². The van der Waals surface area contributed by atoms with Gasteiger partial charge in [0.25, 0.3) is 0 Å². The van der Waals surface area contributed by atoms with E-state index in [1.807, 2.05) is 24.3 Å². The summed E-state index contributed by atoms with van der Waals surface area (Å²) in [4.78, 5) is 18.9. The molecule has 2 saturated heterocycles. The van der Waals surface area contributed by atoms with Gasteiger partial charge < -0.3 is 19.0 Å². The molecule has 2 aromatic heterocycles. The first-order valence-corrected chi connectivity index (χ1v) is 17.6. The van der Waals surface area contributed by atoms with E-state index in [-0.39, 0.29) is 12.2 Å². The first-order chi connectivity index (χ1) is 24.4. The van der Waals surface area contributed by atoms with E-state index in [0.717, 1.165) is 84.5 Å². The summed E-state index contributed by atoms with van der Waals surface area (Å²) < 4.78 is 18.4. The van der Waals surface area contributed by atoms with E-state index in [0.29, 0.717) is 53.3 Å². The van der Waals surface area contributed by atoms with Crippen molar-refractivity contribution in [3.05, 3.63) is 88.2 Å². The number of aromatic nitrogens is 3. The fraction of sp³-hybridized carbons (Fsp3) is 0.400. The average molecular weight is 671 g/mol. The average Bonchev–Trinajstić information content (AvgIpc) is 3.93. The minimum atomic E-state index is -0.295. The number of fused-ring (bicyclic) bond motifs is 2. The molecule has 1 aliphatic carbocycles. The number of nitriles is 1. The molecule has 0 radical (unpaired) electrons. The summed E-state index contributed by atoms with van der Waals surface area (Å²) in [6.07, 6.45) is 4.98. The van der Waals surface area contributed by atoms with Crippen molar-refractivity contribution in [2.75, 3.05) is 33.3 Å². The van der Waals surface area contributed by atoms with E-state index in [1.165, 1.54) is 12.0 Å². The van der Waals surface area contributed by atoms with Crippen molar-refractivity contribution in [1.82, 2.24) is 24.8 Å². The molecular weight excluding hydrogens is 628 g/mol. The van der Waals surface area contributed by atoms with Gasteiger partial charge in [-0.15, -0.1) is 0 Å². The molecule has 2 aliphatic heterocycles. The number of ether oxygens (including phenoxy) is 2. The van der Waals surface area contributed by atoms with Gasteiger partial charge in [-0.1, -0.05) is 37.3 Å². The lowest BCUT2D eigenvalue weighted by Gasteiger charge is -2.18. The van der Waals surface area contributed by atoms with Crippen LogP contribution in [-0.2, 0) is 19.5 Å². The maximum atomic E-state index is 9.98.